The van der Waals surface area contributed by atoms with Gasteiger partial charge in [0.15, 0.2) is 11.6 Å². The van der Waals surface area contributed by atoms with Gasteiger partial charge in [-0.1, -0.05) is 5.92 Å². The number of sulfonamides is 1. The standard InChI is InChI=1S/C23H26F2N4O6S/c1-4-17-21(34-16-5-8-29(9-6-16)23(30)33-14(2)3)27-13-28-22(17)35-20-12-18(24)15(11-19(20)25)7-10-36(26,31)32/h1,11-14,16H,5-10H2,2-3H3,(H2,26,31,32). The molecule has 0 unspecified atom stereocenters. The average molecular weight is 525 g/mol. The van der Waals surface area contributed by atoms with E-state index in [4.69, 9.17) is 25.8 Å². The monoisotopic (exact) mass is 524 g/mol. The Morgan fingerprint density at radius 3 is 2.50 bits per heavy atom. The van der Waals surface area contributed by atoms with E-state index in [0.29, 0.717) is 25.9 Å². The fourth-order valence-corrected chi connectivity index (χ4v) is 3.94. The second-order valence-corrected chi connectivity index (χ2v) is 10.1. The number of carbonyl (C=O) groups is 1. The molecule has 3 rings (SSSR count). The zero-order chi connectivity index (χ0) is 26.5. The number of hydrogen-bond acceptors (Lipinski definition) is 8. The van der Waals surface area contributed by atoms with Crippen molar-refractivity contribution in [2.45, 2.75) is 45.3 Å². The Balaban J connectivity index is 1.71. The number of aryl methyl sites for hydroxylation is 1. The molecule has 0 bridgehead atoms. The Morgan fingerprint density at radius 1 is 1.22 bits per heavy atom. The summed E-state index contributed by atoms with van der Waals surface area (Å²) < 4.78 is 67.8. The highest BCUT2D eigenvalue weighted by atomic mass is 32.2. The maximum absolute atomic E-state index is 14.6. The minimum atomic E-state index is -3.85. The van der Waals surface area contributed by atoms with Gasteiger partial charge in [0.2, 0.25) is 21.8 Å². The number of carbonyl (C=O) groups excluding carboxylic acids is 1. The fourth-order valence-electron chi connectivity index (χ4n) is 3.43. The number of piperidine rings is 1. The summed E-state index contributed by atoms with van der Waals surface area (Å²) in [7, 11) is -3.85. The highest BCUT2D eigenvalue weighted by Crippen LogP contribution is 2.32. The molecular formula is C23H26F2N4O6S. The summed E-state index contributed by atoms with van der Waals surface area (Å²) >= 11 is 0. The summed E-state index contributed by atoms with van der Waals surface area (Å²) in [6, 6.07) is 1.59. The number of ether oxygens (including phenoxy) is 3. The summed E-state index contributed by atoms with van der Waals surface area (Å²) in [4.78, 5) is 21.6. The lowest BCUT2D eigenvalue weighted by Crippen LogP contribution is -2.42. The predicted octanol–water partition coefficient (Wildman–Crippen LogP) is 2.75. The number of halogens is 2. The number of terminal acetylenes is 1. The van der Waals surface area contributed by atoms with E-state index in [1.165, 1.54) is 0 Å². The van der Waals surface area contributed by atoms with Crippen LogP contribution in [-0.4, -0.2) is 60.4 Å². The molecule has 2 N–H and O–H groups in total. The summed E-state index contributed by atoms with van der Waals surface area (Å²) in [6.07, 6.45) is 6.46. The van der Waals surface area contributed by atoms with Crippen molar-refractivity contribution in [2.24, 2.45) is 5.14 Å². The minimum absolute atomic E-state index is 0.00254. The Morgan fingerprint density at radius 2 is 1.89 bits per heavy atom. The first-order chi connectivity index (χ1) is 17.0. The van der Waals surface area contributed by atoms with Crippen LogP contribution in [0.2, 0.25) is 0 Å². The van der Waals surface area contributed by atoms with E-state index in [0.717, 1.165) is 18.5 Å². The number of benzene rings is 1. The topological polar surface area (TPSA) is 134 Å². The SMILES string of the molecule is C#Cc1c(Oc2cc(F)c(CCS(N)(=O)=O)cc2F)ncnc1OC1CCN(C(=O)OC(C)C)CC1. The first-order valence-electron chi connectivity index (χ1n) is 11.1. The molecule has 13 heteroatoms. The molecule has 0 spiro atoms. The number of rotatable bonds is 8. The van der Waals surface area contributed by atoms with Gasteiger partial charge < -0.3 is 19.1 Å². The Bertz CT molecular complexity index is 1260. The molecule has 0 saturated carbocycles. The molecule has 1 aromatic carbocycles. The van der Waals surface area contributed by atoms with Gasteiger partial charge in [-0.05, 0) is 31.9 Å². The summed E-state index contributed by atoms with van der Waals surface area (Å²) in [5.41, 5.74) is -0.182. The maximum atomic E-state index is 14.6. The van der Waals surface area contributed by atoms with Crippen molar-refractivity contribution in [3.63, 3.8) is 0 Å². The van der Waals surface area contributed by atoms with Gasteiger partial charge in [0.1, 0.15) is 23.8 Å². The lowest BCUT2D eigenvalue weighted by Gasteiger charge is -2.31. The van der Waals surface area contributed by atoms with Crippen molar-refractivity contribution in [1.29, 1.82) is 0 Å². The van der Waals surface area contributed by atoms with E-state index in [1.807, 2.05) is 0 Å². The number of hydrogen-bond donors (Lipinski definition) is 1. The van der Waals surface area contributed by atoms with E-state index in [9.17, 15) is 22.0 Å². The van der Waals surface area contributed by atoms with Crippen molar-refractivity contribution in [2.75, 3.05) is 18.8 Å². The molecule has 1 aliphatic rings. The van der Waals surface area contributed by atoms with Crippen LogP contribution in [0.5, 0.6) is 17.5 Å². The van der Waals surface area contributed by atoms with E-state index in [-0.39, 0.29) is 41.5 Å². The van der Waals surface area contributed by atoms with Gasteiger partial charge in [-0.3, -0.25) is 0 Å². The van der Waals surface area contributed by atoms with E-state index >= 15 is 0 Å². The Labute approximate surface area is 207 Å². The van der Waals surface area contributed by atoms with Gasteiger partial charge in [0.25, 0.3) is 0 Å². The zero-order valence-corrected chi connectivity index (χ0v) is 20.6. The van der Waals surface area contributed by atoms with Gasteiger partial charge >= 0.3 is 6.09 Å². The molecule has 10 nitrogen and oxygen atoms in total. The molecule has 1 aromatic heterocycles. The normalized spacial score (nSPS) is 14.4. The van der Waals surface area contributed by atoms with Crippen LogP contribution >= 0.6 is 0 Å². The van der Waals surface area contributed by atoms with Crippen LogP contribution in [0.25, 0.3) is 0 Å². The van der Waals surface area contributed by atoms with Crippen molar-refractivity contribution in [1.82, 2.24) is 14.9 Å². The largest absolute Gasteiger partial charge is 0.473 e. The molecule has 1 saturated heterocycles. The van der Waals surface area contributed by atoms with Crippen LogP contribution in [0.1, 0.15) is 37.8 Å². The molecule has 1 fully saturated rings. The number of primary sulfonamides is 1. The van der Waals surface area contributed by atoms with Gasteiger partial charge in [-0.2, -0.15) is 0 Å². The van der Waals surface area contributed by atoms with E-state index in [2.05, 4.69) is 15.9 Å². The summed E-state index contributed by atoms with van der Waals surface area (Å²) in [5.74, 6) is -0.745. The number of likely N-dealkylation sites (tertiary alicyclic amines) is 1. The maximum Gasteiger partial charge on any atom is 0.410 e. The molecule has 2 heterocycles. The van der Waals surface area contributed by atoms with Crippen molar-refractivity contribution in [3.8, 4) is 29.9 Å². The molecular weight excluding hydrogens is 498 g/mol. The first kappa shape index (κ1) is 27.1. The molecule has 0 atom stereocenters. The van der Waals surface area contributed by atoms with Gasteiger partial charge in [-0.25, -0.2) is 37.1 Å². The number of aromatic nitrogens is 2. The van der Waals surface area contributed by atoms with Gasteiger partial charge in [0.05, 0.1) is 11.9 Å². The summed E-state index contributed by atoms with van der Waals surface area (Å²) in [6.45, 7) is 4.37. The third kappa shape index (κ3) is 7.25. The van der Waals surface area contributed by atoms with Crippen LogP contribution in [0.3, 0.4) is 0 Å². The average Bonchev–Trinajstić information content (AvgIpc) is 2.80. The van der Waals surface area contributed by atoms with Crippen LogP contribution in [-0.2, 0) is 21.2 Å². The van der Waals surface area contributed by atoms with Crippen LogP contribution < -0.4 is 14.6 Å². The second kappa shape index (κ2) is 11.5. The molecule has 2 aromatic rings. The first-order valence-corrected chi connectivity index (χ1v) is 12.8. The second-order valence-electron chi connectivity index (χ2n) is 8.33. The molecule has 36 heavy (non-hydrogen) atoms. The molecule has 1 amide bonds. The van der Waals surface area contributed by atoms with Crippen molar-refractivity contribution in [3.05, 3.63) is 41.2 Å². The number of nitrogens with zero attached hydrogens (tertiary/aromatic N) is 3. The lowest BCUT2D eigenvalue weighted by atomic mass is 10.1. The van der Waals surface area contributed by atoms with Crippen LogP contribution in [0.4, 0.5) is 13.6 Å². The predicted molar refractivity (Wildman–Crippen MR) is 125 cm³/mol. The molecule has 0 aliphatic carbocycles. The smallest absolute Gasteiger partial charge is 0.410 e. The zero-order valence-electron chi connectivity index (χ0n) is 19.7. The Hall–Kier alpha value is -3.50. The molecule has 1 aliphatic heterocycles. The van der Waals surface area contributed by atoms with Crippen molar-refractivity contribution < 1.29 is 36.2 Å². The lowest BCUT2D eigenvalue weighted by molar-refractivity contribution is 0.0506. The number of nitrogens with two attached hydrogens (primary N) is 1. The van der Waals surface area contributed by atoms with Crippen molar-refractivity contribution >= 4 is 16.1 Å². The highest BCUT2D eigenvalue weighted by Gasteiger charge is 2.27. The van der Waals surface area contributed by atoms with Crippen LogP contribution in [0.15, 0.2) is 18.5 Å². The quantitative estimate of drug-likeness (QED) is 0.521. The minimum Gasteiger partial charge on any atom is -0.473 e. The molecule has 194 valence electrons. The van der Waals surface area contributed by atoms with E-state index < -0.39 is 39.3 Å². The van der Waals surface area contributed by atoms with Gasteiger partial charge in [-0.15, -0.1) is 6.42 Å². The number of amides is 1. The fraction of sp³-hybridized carbons (Fsp3) is 0.435. The van der Waals surface area contributed by atoms with Crippen LogP contribution in [0, 0.1) is 24.0 Å². The third-order valence-electron chi connectivity index (χ3n) is 5.20. The summed E-state index contributed by atoms with van der Waals surface area (Å²) in [5, 5.41) is 4.92. The third-order valence-corrected chi connectivity index (χ3v) is 5.97. The highest BCUT2D eigenvalue weighted by molar-refractivity contribution is 7.89. The molecule has 0 radical (unpaired) electrons. The van der Waals surface area contributed by atoms with E-state index in [1.54, 1.807) is 18.7 Å². The Kier molecular flexibility index (Phi) is 8.65. The van der Waals surface area contributed by atoms with Gasteiger partial charge in [0, 0.05) is 32.0 Å².